The zero-order chi connectivity index (χ0) is 11.3. The van der Waals surface area contributed by atoms with Gasteiger partial charge in [-0.05, 0) is 19.1 Å². The predicted molar refractivity (Wildman–Crippen MR) is 62.1 cm³/mol. The molecule has 0 amide bonds. The minimum Gasteiger partial charge on any atom is -0.477 e. The Balaban J connectivity index is 2.82. The van der Waals surface area contributed by atoms with Crippen molar-refractivity contribution in [2.75, 3.05) is 13.2 Å². The number of aryl methyl sites for hydroxylation is 1. The van der Waals surface area contributed by atoms with Crippen molar-refractivity contribution in [2.24, 2.45) is 5.73 Å². The highest BCUT2D eigenvalue weighted by Crippen LogP contribution is 2.16. The van der Waals surface area contributed by atoms with Crippen LogP contribution in [0.2, 0.25) is 0 Å². The second-order valence-electron chi connectivity index (χ2n) is 3.10. The van der Waals surface area contributed by atoms with E-state index in [1.165, 1.54) is 0 Å². The lowest BCUT2D eigenvalue weighted by Gasteiger charge is -2.09. The van der Waals surface area contributed by atoms with Crippen molar-refractivity contribution in [3.8, 4) is 5.88 Å². The quantitative estimate of drug-likeness (QED) is 0.574. The second kappa shape index (κ2) is 5.63. The van der Waals surface area contributed by atoms with Gasteiger partial charge in [0.05, 0.1) is 12.2 Å². The van der Waals surface area contributed by atoms with E-state index in [1.54, 1.807) is 6.07 Å². The largest absolute Gasteiger partial charge is 0.477 e. The number of nitrogens with zero attached hydrogens (tertiary/aromatic N) is 1. The highest BCUT2D eigenvalue weighted by Gasteiger charge is 2.07. The lowest BCUT2D eigenvalue weighted by atomic mass is 10.2. The Morgan fingerprint density at radius 3 is 2.93 bits per heavy atom. The molecule has 82 valence electrons. The molecule has 0 atom stereocenters. The third-order valence-electron chi connectivity index (χ3n) is 1.81. The first kappa shape index (κ1) is 11.9. The molecule has 0 radical (unpaired) electrons. The van der Waals surface area contributed by atoms with Gasteiger partial charge in [-0.25, -0.2) is 4.98 Å². The van der Waals surface area contributed by atoms with Crippen molar-refractivity contribution >= 4 is 17.2 Å². The van der Waals surface area contributed by atoms with Crippen molar-refractivity contribution in [1.29, 1.82) is 0 Å². The third kappa shape index (κ3) is 3.45. The number of aromatic nitrogens is 1. The Kier molecular flexibility index (Phi) is 4.45. The summed E-state index contributed by atoms with van der Waals surface area (Å²) in [5.74, 6) is 0.441. The molecule has 3 N–H and O–H groups in total. The molecule has 1 aromatic heterocycles. The Morgan fingerprint density at radius 2 is 2.33 bits per heavy atom. The summed E-state index contributed by atoms with van der Waals surface area (Å²) in [7, 11) is 0. The van der Waals surface area contributed by atoms with Crippen LogP contribution >= 0.6 is 12.2 Å². The molecule has 0 saturated heterocycles. The molecule has 0 aliphatic heterocycles. The van der Waals surface area contributed by atoms with Crippen LogP contribution in [0.25, 0.3) is 0 Å². The van der Waals surface area contributed by atoms with Crippen LogP contribution in [-0.4, -0.2) is 28.3 Å². The van der Waals surface area contributed by atoms with Crippen molar-refractivity contribution in [3.63, 3.8) is 0 Å². The lowest BCUT2D eigenvalue weighted by Crippen LogP contribution is -2.13. The second-order valence-corrected chi connectivity index (χ2v) is 3.54. The molecule has 0 unspecified atom stereocenters. The number of aliphatic hydroxyl groups excluding tert-OH is 1. The number of rotatable bonds is 5. The van der Waals surface area contributed by atoms with Gasteiger partial charge in [0, 0.05) is 18.7 Å². The normalized spacial score (nSPS) is 10.0. The Labute approximate surface area is 94.1 Å². The Morgan fingerprint density at radius 1 is 1.60 bits per heavy atom. The number of nitrogens with two attached hydrogens (primary N) is 1. The topological polar surface area (TPSA) is 68.4 Å². The third-order valence-corrected chi connectivity index (χ3v) is 2.03. The monoisotopic (exact) mass is 226 g/mol. The molecule has 1 rings (SSSR count). The zero-order valence-corrected chi connectivity index (χ0v) is 9.38. The zero-order valence-electron chi connectivity index (χ0n) is 8.56. The average Bonchev–Trinajstić information content (AvgIpc) is 2.18. The molecule has 4 nitrogen and oxygen atoms in total. The van der Waals surface area contributed by atoms with Crippen LogP contribution in [0.3, 0.4) is 0 Å². The van der Waals surface area contributed by atoms with E-state index < -0.39 is 0 Å². The van der Waals surface area contributed by atoms with Gasteiger partial charge in [0.2, 0.25) is 5.88 Å². The van der Waals surface area contributed by atoms with Gasteiger partial charge in [0.1, 0.15) is 4.99 Å². The maximum atomic E-state index is 8.63. The number of pyridine rings is 1. The van der Waals surface area contributed by atoms with Gasteiger partial charge < -0.3 is 15.6 Å². The molecule has 5 heteroatoms. The van der Waals surface area contributed by atoms with Crippen LogP contribution in [0, 0.1) is 6.92 Å². The molecular formula is C10H14N2O2S. The molecule has 0 aliphatic rings. The molecular weight excluding hydrogens is 212 g/mol. The van der Waals surface area contributed by atoms with E-state index in [9.17, 15) is 0 Å². The molecule has 0 fully saturated rings. The van der Waals surface area contributed by atoms with Gasteiger partial charge in [0.25, 0.3) is 0 Å². The van der Waals surface area contributed by atoms with Gasteiger partial charge in [0.15, 0.2) is 0 Å². The summed E-state index contributed by atoms with van der Waals surface area (Å²) in [5, 5.41) is 8.63. The Hall–Kier alpha value is -1.20. The average molecular weight is 226 g/mol. The minimum absolute atomic E-state index is 0.0915. The van der Waals surface area contributed by atoms with Crippen molar-refractivity contribution in [3.05, 3.63) is 23.4 Å². The highest BCUT2D eigenvalue weighted by atomic mass is 32.1. The maximum absolute atomic E-state index is 8.63. The summed E-state index contributed by atoms with van der Waals surface area (Å²) in [6.07, 6.45) is 0.562. The SMILES string of the molecule is Cc1ccc(C(N)=S)c(OCCCO)n1. The fraction of sp³-hybridized carbons (Fsp3) is 0.400. The van der Waals surface area contributed by atoms with Gasteiger partial charge in [-0.1, -0.05) is 12.2 Å². The standard InChI is InChI=1S/C10H14N2O2S/c1-7-3-4-8(9(11)15)10(12-7)14-6-2-5-13/h3-4,13H,2,5-6H2,1H3,(H2,11,15). The van der Waals surface area contributed by atoms with Crippen molar-refractivity contribution in [2.45, 2.75) is 13.3 Å². The van der Waals surface area contributed by atoms with E-state index >= 15 is 0 Å². The molecule has 1 aromatic rings. The fourth-order valence-electron chi connectivity index (χ4n) is 1.06. The molecule has 0 bridgehead atoms. The Bertz CT molecular complexity index is 355. The van der Waals surface area contributed by atoms with Crippen LogP contribution in [0.15, 0.2) is 12.1 Å². The molecule has 1 heterocycles. The van der Waals surface area contributed by atoms with E-state index in [2.05, 4.69) is 4.98 Å². The first-order chi connectivity index (χ1) is 7.15. The van der Waals surface area contributed by atoms with Crippen LogP contribution in [0.1, 0.15) is 17.7 Å². The van der Waals surface area contributed by atoms with E-state index in [0.717, 1.165) is 5.69 Å². The number of aliphatic hydroxyl groups is 1. The molecule has 0 aliphatic carbocycles. The first-order valence-corrected chi connectivity index (χ1v) is 5.07. The van der Waals surface area contributed by atoms with Gasteiger partial charge in [-0.2, -0.15) is 0 Å². The smallest absolute Gasteiger partial charge is 0.223 e. The molecule has 0 spiro atoms. The summed E-state index contributed by atoms with van der Waals surface area (Å²) in [5.41, 5.74) is 7.01. The molecule has 0 saturated carbocycles. The van der Waals surface area contributed by atoms with Crippen LogP contribution in [0.4, 0.5) is 0 Å². The van der Waals surface area contributed by atoms with E-state index in [4.69, 9.17) is 27.8 Å². The summed E-state index contributed by atoms with van der Waals surface area (Å²) >= 11 is 4.88. The fourth-order valence-corrected chi connectivity index (χ4v) is 1.22. The van der Waals surface area contributed by atoms with Crippen LogP contribution in [-0.2, 0) is 0 Å². The van der Waals surface area contributed by atoms with Gasteiger partial charge in [-0.3, -0.25) is 0 Å². The highest BCUT2D eigenvalue weighted by molar-refractivity contribution is 7.80. The number of hydrogen-bond acceptors (Lipinski definition) is 4. The minimum atomic E-state index is 0.0915. The lowest BCUT2D eigenvalue weighted by molar-refractivity contribution is 0.229. The summed E-state index contributed by atoms with van der Waals surface area (Å²) in [6, 6.07) is 3.62. The summed E-state index contributed by atoms with van der Waals surface area (Å²) < 4.78 is 5.38. The predicted octanol–water partition coefficient (Wildman–Crippen LogP) is 0.785. The molecule has 15 heavy (non-hydrogen) atoms. The van der Waals surface area contributed by atoms with Crippen LogP contribution in [0.5, 0.6) is 5.88 Å². The van der Waals surface area contributed by atoms with Crippen molar-refractivity contribution in [1.82, 2.24) is 4.98 Å². The van der Waals surface area contributed by atoms with Crippen LogP contribution < -0.4 is 10.5 Å². The number of ether oxygens (including phenoxy) is 1. The number of hydrogen-bond donors (Lipinski definition) is 2. The number of thiocarbonyl (C=S) groups is 1. The van der Waals surface area contributed by atoms with E-state index in [0.29, 0.717) is 24.5 Å². The molecule has 0 aromatic carbocycles. The van der Waals surface area contributed by atoms with Gasteiger partial charge in [-0.15, -0.1) is 0 Å². The van der Waals surface area contributed by atoms with Gasteiger partial charge >= 0.3 is 0 Å². The van der Waals surface area contributed by atoms with E-state index in [1.807, 2.05) is 13.0 Å². The summed E-state index contributed by atoms with van der Waals surface area (Å²) in [4.78, 5) is 4.46. The summed E-state index contributed by atoms with van der Waals surface area (Å²) in [6.45, 7) is 2.36. The maximum Gasteiger partial charge on any atom is 0.223 e. The van der Waals surface area contributed by atoms with E-state index in [-0.39, 0.29) is 11.6 Å². The van der Waals surface area contributed by atoms with Crippen molar-refractivity contribution < 1.29 is 9.84 Å². The first-order valence-electron chi connectivity index (χ1n) is 4.66.